The van der Waals surface area contributed by atoms with Crippen molar-refractivity contribution in [2.45, 2.75) is 13.0 Å². The molecule has 7 heteroatoms. The fourth-order valence-corrected chi connectivity index (χ4v) is 2.46. The molecule has 106 valence electrons. The first kappa shape index (κ1) is 16.2. The molecule has 0 saturated carbocycles. The molecule has 0 atom stereocenters. The van der Waals surface area contributed by atoms with E-state index in [2.05, 4.69) is 5.32 Å². The van der Waals surface area contributed by atoms with E-state index in [1.807, 2.05) is 0 Å². The van der Waals surface area contributed by atoms with Crippen LogP contribution in [0.4, 0.5) is 5.69 Å². The lowest BCUT2D eigenvalue weighted by atomic mass is 10.2. The Morgan fingerprint density at radius 3 is 2.89 bits per heavy atom. The molecule has 0 aliphatic heterocycles. The van der Waals surface area contributed by atoms with Crippen molar-refractivity contribution in [1.29, 1.82) is 0 Å². The highest BCUT2D eigenvalue weighted by molar-refractivity contribution is 7.99. The van der Waals surface area contributed by atoms with Gasteiger partial charge in [0.05, 0.1) is 4.92 Å². The lowest BCUT2D eigenvalue weighted by molar-refractivity contribution is -0.384. The van der Waals surface area contributed by atoms with Crippen LogP contribution in [0.1, 0.15) is 12.0 Å². The van der Waals surface area contributed by atoms with E-state index in [1.165, 1.54) is 12.1 Å². The summed E-state index contributed by atoms with van der Waals surface area (Å²) in [6, 6.07) is 4.44. The van der Waals surface area contributed by atoms with Crippen LogP contribution >= 0.6 is 23.4 Å². The van der Waals surface area contributed by atoms with Gasteiger partial charge in [-0.05, 0) is 23.8 Å². The molecule has 5 nitrogen and oxygen atoms in total. The van der Waals surface area contributed by atoms with Crippen molar-refractivity contribution in [3.63, 3.8) is 0 Å². The Morgan fingerprint density at radius 2 is 2.21 bits per heavy atom. The Labute approximate surface area is 121 Å². The van der Waals surface area contributed by atoms with Gasteiger partial charge in [-0.1, -0.05) is 11.6 Å². The van der Waals surface area contributed by atoms with Crippen LogP contribution in [-0.4, -0.2) is 34.7 Å². The summed E-state index contributed by atoms with van der Waals surface area (Å²) >= 11 is 7.75. The minimum atomic E-state index is -0.426. The second-order valence-corrected chi connectivity index (χ2v) is 5.53. The molecular formula is C12H17ClN2O3S. The van der Waals surface area contributed by atoms with E-state index in [0.29, 0.717) is 11.6 Å². The number of hydrogen-bond acceptors (Lipinski definition) is 5. The van der Waals surface area contributed by atoms with Crippen molar-refractivity contribution in [3.05, 3.63) is 38.9 Å². The average molecular weight is 305 g/mol. The fourth-order valence-electron chi connectivity index (χ4n) is 1.45. The van der Waals surface area contributed by atoms with Crippen LogP contribution in [0.15, 0.2) is 18.2 Å². The maximum Gasteiger partial charge on any atom is 0.269 e. The SMILES string of the molecule is O=[N+]([O-])c1ccc(Cl)c(CNCCSCCCO)c1. The Balaban J connectivity index is 2.32. The number of aliphatic hydroxyl groups is 1. The van der Waals surface area contributed by atoms with Crippen LogP contribution in [-0.2, 0) is 6.54 Å². The van der Waals surface area contributed by atoms with Gasteiger partial charge in [0.1, 0.15) is 0 Å². The average Bonchev–Trinajstić information content (AvgIpc) is 2.39. The van der Waals surface area contributed by atoms with Gasteiger partial charge in [-0.15, -0.1) is 0 Å². The van der Waals surface area contributed by atoms with E-state index in [9.17, 15) is 10.1 Å². The van der Waals surface area contributed by atoms with Crippen molar-refractivity contribution in [3.8, 4) is 0 Å². The molecular weight excluding hydrogens is 288 g/mol. The minimum Gasteiger partial charge on any atom is -0.396 e. The van der Waals surface area contributed by atoms with Gasteiger partial charge in [-0.3, -0.25) is 10.1 Å². The van der Waals surface area contributed by atoms with Gasteiger partial charge in [0.2, 0.25) is 0 Å². The van der Waals surface area contributed by atoms with Gasteiger partial charge in [0, 0.05) is 42.6 Å². The molecule has 0 aliphatic rings. The predicted molar refractivity (Wildman–Crippen MR) is 78.8 cm³/mol. The number of nitro groups is 1. The lowest BCUT2D eigenvalue weighted by Crippen LogP contribution is -2.17. The van der Waals surface area contributed by atoms with Crippen molar-refractivity contribution in [2.24, 2.45) is 0 Å². The number of thioether (sulfide) groups is 1. The fraction of sp³-hybridized carbons (Fsp3) is 0.500. The third-order valence-corrected chi connectivity index (χ3v) is 3.86. The highest BCUT2D eigenvalue weighted by Gasteiger charge is 2.09. The van der Waals surface area contributed by atoms with Gasteiger partial charge in [-0.2, -0.15) is 11.8 Å². The number of nitrogens with zero attached hydrogens (tertiary/aromatic N) is 1. The Morgan fingerprint density at radius 1 is 1.42 bits per heavy atom. The number of rotatable bonds is 9. The summed E-state index contributed by atoms with van der Waals surface area (Å²) < 4.78 is 0. The molecule has 0 spiro atoms. The van der Waals surface area contributed by atoms with E-state index in [4.69, 9.17) is 16.7 Å². The second kappa shape index (κ2) is 9.14. The number of aliphatic hydroxyl groups excluding tert-OH is 1. The molecule has 0 bridgehead atoms. The highest BCUT2D eigenvalue weighted by Crippen LogP contribution is 2.21. The number of nitrogens with one attached hydrogen (secondary N) is 1. The number of nitro benzene ring substituents is 1. The Kier molecular flexibility index (Phi) is 7.81. The zero-order valence-electron chi connectivity index (χ0n) is 10.5. The quantitative estimate of drug-likeness (QED) is 0.416. The van der Waals surface area contributed by atoms with E-state index in [1.54, 1.807) is 17.8 Å². The molecule has 19 heavy (non-hydrogen) atoms. The molecule has 0 heterocycles. The molecule has 0 aliphatic carbocycles. The molecule has 0 saturated heterocycles. The first-order valence-electron chi connectivity index (χ1n) is 5.97. The van der Waals surface area contributed by atoms with Gasteiger partial charge in [0.25, 0.3) is 5.69 Å². The summed E-state index contributed by atoms with van der Waals surface area (Å²) in [7, 11) is 0. The van der Waals surface area contributed by atoms with Crippen molar-refractivity contribution in [1.82, 2.24) is 5.32 Å². The van der Waals surface area contributed by atoms with Crippen molar-refractivity contribution in [2.75, 3.05) is 24.7 Å². The molecule has 1 aromatic rings. The largest absolute Gasteiger partial charge is 0.396 e. The molecule has 0 aromatic heterocycles. The van der Waals surface area contributed by atoms with Gasteiger partial charge in [0.15, 0.2) is 0 Å². The van der Waals surface area contributed by atoms with Crippen LogP contribution in [0.5, 0.6) is 0 Å². The summed E-state index contributed by atoms with van der Waals surface area (Å²) in [5.74, 6) is 1.88. The number of non-ortho nitro benzene ring substituents is 1. The smallest absolute Gasteiger partial charge is 0.269 e. The van der Waals surface area contributed by atoms with Gasteiger partial charge < -0.3 is 10.4 Å². The maximum atomic E-state index is 10.7. The van der Waals surface area contributed by atoms with E-state index in [0.717, 1.165) is 30.0 Å². The molecule has 2 N–H and O–H groups in total. The van der Waals surface area contributed by atoms with Gasteiger partial charge >= 0.3 is 0 Å². The minimum absolute atomic E-state index is 0.0542. The lowest BCUT2D eigenvalue weighted by Gasteiger charge is -2.06. The standard InChI is InChI=1S/C12H17ClN2O3S/c13-12-3-2-11(15(17)18)8-10(12)9-14-4-7-19-6-1-5-16/h2-3,8,14,16H,1,4-7,9H2. The summed E-state index contributed by atoms with van der Waals surface area (Å²) in [5, 5.41) is 23.0. The van der Waals surface area contributed by atoms with E-state index >= 15 is 0 Å². The first-order chi connectivity index (χ1) is 9.15. The summed E-state index contributed by atoms with van der Waals surface area (Å²) in [4.78, 5) is 10.2. The molecule has 1 rings (SSSR count). The number of hydrogen-bond donors (Lipinski definition) is 2. The van der Waals surface area contributed by atoms with E-state index in [-0.39, 0.29) is 12.3 Å². The Hall–Kier alpha value is -0.820. The van der Waals surface area contributed by atoms with Crippen molar-refractivity contribution >= 4 is 29.1 Å². The normalized spacial score (nSPS) is 10.6. The monoisotopic (exact) mass is 304 g/mol. The zero-order chi connectivity index (χ0) is 14.1. The van der Waals surface area contributed by atoms with Gasteiger partial charge in [-0.25, -0.2) is 0 Å². The van der Waals surface area contributed by atoms with Crippen LogP contribution in [0.25, 0.3) is 0 Å². The highest BCUT2D eigenvalue weighted by atomic mass is 35.5. The maximum absolute atomic E-state index is 10.7. The van der Waals surface area contributed by atoms with Crippen LogP contribution in [0.3, 0.4) is 0 Å². The third kappa shape index (κ3) is 6.24. The molecule has 1 aromatic carbocycles. The molecule has 0 fully saturated rings. The topological polar surface area (TPSA) is 75.4 Å². The summed E-state index contributed by atoms with van der Waals surface area (Å²) in [6.07, 6.45) is 0.807. The van der Waals surface area contributed by atoms with E-state index < -0.39 is 4.92 Å². The number of benzene rings is 1. The summed E-state index contributed by atoms with van der Waals surface area (Å²) in [6.45, 7) is 1.54. The second-order valence-electron chi connectivity index (χ2n) is 3.90. The zero-order valence-corrected chi connectivity index (χ0v) is 12.0. The first-order valence-corrected chi connectivity index (χ1v) is 7.50. The molecule has 0 unspecified atom stereocenters. The summed E-state index contributed by atoms with van der Waals surface area (Å²) in [5.41, 5.74) is 0.787. The predicted octanol–water partition coefficient (Wildman–Crippen LogP) is 2.45. The van der Waals surface area contributed by atoms with Crippen molar-refractivity contribution < 1.29 is 10.0 Å². The van der Waals surface area contributed by atoms with Crippen LogP contribution < -0.4 is 5.32 Å². The number of halogens is 1. The van der Waals surface area contributed by atoms with Crippen LogP contribution in [0.2, 0.25) is 5.02 Å². The molecule has 0 radical (unpaired) electrons. The Bertz CT molecular complexity index is 418. The van der Waals surface area contributed by atoms with Crippen LogP contribution in [0, 0.1) is 10.1 Å². The third-order valence-electron chi connectivity index (χ3n) is 2.43. The molecule has 0 amide bonds.